The number of benzene rings is 3. The predicted octanol–water partition coefficient (Wildman–Crippen LogP) is 4.05. The molecule has 1 N–H and O–H groups in total. The summed E-state index contributed by atoms with van der Waals surface area (Å²) in [5, 5.41) is 2.66. The molecule has 3 aromatic carbocycles. The van der Waals surface area contributed by atoms with Crippen molar-refractivity contribution in [3.63, 3.8) is 0 Å². The minimum atomic E-state index is -0.599. The molecule has 1 amide bonds. The Balaban J connectivity index is 1.28. The van der Waals surface area contributed by atoms with E-state index in [-0.39, 0.29) is 0 Å². The molecule has 0 radical (unpaired) electrons. The van der Waals surface area contributed by atoms with E-state index in [1.54, 1.807) is 42.5 Å². The molecule has 4 rings (SSSR count). The summed E-state index contributed by atoms with van der Waals surface area (Å²) in [5.41, 5.74) is 0.852. The van der Waals surface area contributed by atoms with Gasteiger partial charge in [-0.05, 0) is 48.5 Å². The van der Waals surface area contributed by atoms with Crippen LogP contribution < -0.4 is 19.5 Å². The molecular formula is C23H19NO6. The van der Waals surface area contributed by atoms with E-state index >= 15 is 0 Å². The molecule has 1 heterocycles. The van der Waals surface area contributed by atoms with Gasteiger partial charge in [0.05, 0.1) is 5.56 Å². The summed E-state index contributed by atoms with van der Waals surface area (Å²) in [5.74, 6) is 1.43. The van der Waals surface area contributed by atoms with Crippen LogP contribution in [0, 0.1) is 0 Å². The highest BCUT2D eigenvalue weighted by atomic mass is 16.6. The van der Waals surface area contributed by atoms with Gasteiger partial charge in [-0.1, -0.05) is 18.2 Å². The van der Waals surface area contributed by atoms with Crippen molar-refractivity contribution in [1.29, 1.82) is 0 Å². The second-order valence-corrected chi connectivity index (χ2v) is 6.42. The summed E-state index contributed by atoms with van der Waals surface area (Å²) >= 11 is 0. The highest BCUT2D eigenvalue weighted by molar-refractivity contribution is 5.95. The lowest BCUT2D eigenvalue weighted by Crippen LogP contribution is -2.21. The number of hydrogen-bond acceptors (Lipinski definition) is 6. The topological polar surface area (TPSA) is 83.1 Å². The van der Waals surface area contributed by atoms with Gasteiger partial charge in [0.2, 0.25) is 0 Å². The predicted molar refractivity (Wildman–Crippen MR) is 109 cm³/mol. The van der Waals surface area contributed by atoms with E-state index in [4.69, 9.17) is 18.9 Å². The van der Waals surface area contributed by atoms with Gasteiger partial charge in [0.1, 0.15) is 24.7 Å². The van der Waals surface area contributed by atoms with Crippen molar-refractivity contribution in [2.24, 2.45) is 0 Å². The number of carbonyl (C=O) groups is 2. The first-order chi connectivity index (χ1) is 14.7. The first-order valence-electron chi connectivity index (χ1n) is 9.37. The van der Waals surface area contributed by atoms with Crippen molar-refractivity contribution in [2.75, 3.05) is 25.1 Å². The van der Waals surface area contributed by atoms with Crippen LogP contribution >= 0.6 is 0 Å². The second-order valence-electron chi connectivity index (χ2n) is 6.42. The van der Waals surface area contributed by atoms with Crippen LogP contribution in [0.5, 0.6) is 23.0 Å². The Kier molecular flexibility index (Phi) is 5.80. The summed E-state index contributed by atoms with van der Waals surface area (Å²) in [4.78, 5) is 24.3. The maximum absolute atomic E-state index is 12.2. The largest absolute Gasteiger partial charge is 0.486 e. The van der Waals surface area contributed by atoms with Gasteiger partial charge in [0, 0.05) is 11.8 Å². The zero-order valence-corrected chi connectivity index (χ0v) is 16.0. The van der Waals surface area contributed by atoms with Crippen LogP contribution in [0.1, 0.15) is 10.4 Å². The van der Waals surface area contributed by atoms with Gasteiger partial charge in [0.15, 0.2) is 18.1 Å². The molecule has 30 heavy (non-hydrogen) atoms. The van der Waals surface area contributed by atoms with Gasteiger partial charge in [0.25, 0.3) is 5.91 Å². The Morgan fingerprint density at radius 3 is 2.30 bits per heavy atom. The van der Waals surface area contributed by atoms with Crippen molar-refractivity contribution in [3.05, 3.63) is 78.4 Å². The number of para-hydroxylation sites is 1. The molecule has 1 aliphatic rings. The van der Waals surface area contributed by atoms with Gasteiger partial charge < -0.3 is 24.3 Å². The molecule has 152 valence electrons. The lowest BCUT2D eigenvalue weighted by Gasteiger charge is -2.19. The SMILES string of the molecule is O=C(COC(=O)c1ccc(Oc2ccccc2)cc1)Nc1ccc2c(c1)OCCO2. The molecule has 0 atom stereocenters. The highest BCUT2D eigenvalue weighted by Crippen LogP contribution is 2.32. The number of carbonyl (C=O) groups excluding carboxylic acids is 2. The molecule has 0 aliphatic carbocycles. The third kappa shape index (κ3) is 4.88. The molecule has 0 saturated carbocycles. The fourth-order valence-corrected chi connectivity index (χ4v) is 2.82. The molecular weight excluding hydrogens is 386 g/mol. The van der Waals surface area contributed by atoms with Crippen LogP contribution in [0.4, 0.5) is 5.69 Å². The van der Waals surface area contributed by atoms with E-state index in [0.717, 1.165) is 0 Å². The summed E-state index contributed by atoms with van der Waals surface area (Å²) in [6.45, 7) is 0.542. The fourth-order valence-electron chi connectivity index (χ4n) is 2.82. The normalized spacial score (nSPS) is 12.0. The average molecular weight is 405 g/mol. The molecule has 0 unspecified atom stereocenters. The average Bonchev–Trinajstić information content (AvgIpc) is 2.78. The lowest BCUT2D eigenvalue weighted by molar-refractivity contribution is -0.119. The van der Waals surface area contributed by atoms with Crippen LogP contribution in [-0.2, 0) is 9.53 Å². The summed E-state index contributed by atoms with van der Waals surface area (Å²) < 4.78 is 21.7. The number of ether oxygens (including phenoxy) is 4. The minimum absolute atomic E-state index is 0.322. The Morgan fingerprint density at radius 2 is 1.53 bits per heavy atom. The van der Waals surface area contributed by atoms with Crippen molar-refractivity contribution in [1.82, 2.24) is 0 Å². The van der Waals surface area contributed by atoms with E-state index < -0.39 is 18.5 Å². The quantitative estimate of drug-likeness (QED) is 0.623. The molecule has 0 fully saturated rings. The third-order valence-electron chi connectivity index (χ3n) is 4.23. The summed E-state index contributed by atoms with van der Waals surface area (Å²) in [7, 11) is 0. The van der Waals surface area contributed by atoms with Crippen LogP contribution in [0.3, 0.4) is 0 Å². The van der Waals surface area contributed by atoms with Crippen molar-refractivity contribution < 1.29 is 28.5 Å². The van der Waals surface area contributed by atoms with Crippen molar-refractivity contribution in [2.45, 2.75) is 0 Å². The summed E-state index contributed by atoms with van der Waals surface area (Å²) in [6, 6.07) is 20.9. The Morgan fingerprint density at radius 1 is 0.833 bits per heavy atom. The van der Waals surface area contributed by atoms with Gasteiger partial charge >= 0.3 is 5.97 Å². The van der Waals surface area contributed by atoms with E-state index in [0.29, 0.717) is 47.5 Å². The molecule has 0 spiro atoms. The smallest absolute Gasteiger partial charge is 0.338 e. The molecule has 7 heteroatoms. The maximum Gasteiger partial charge on any atom is 0.338 e. The fraction of sp³-hybridized carbons (Fsp3) is 0.130. The minimum Gasteiger partial charge on any atom is -0.486 e. The van der Waals surface area contributed by atoms with Gasteiger partial charge in [-0.15, -0.1) is 0 Å². The molecule has 7 nitrogen and oxygen atoms in total. The molecule has 0 bridgehead atoms. The van der Waals surface area contributed by atoms with Crippen molar-refractivity contribution in [3.8, 4) is 23.0 Å². The Bertz CT molecular complexity index is 1030. The lowest BCUT2D eigenvalue weighted by atomic mass is 10.2. The number of esters is 1. The van der Waals surface area contributed by atoms with Crippen LogP contribution in [0.2, 0.25) is 0 Å². The first kappa shape index (κ1) is 19.3. The molecule has 1 aliphatic heterocycles. The zero-order valence-electron chi connectivity index (χ0n) is 16.0. The number of anilines is 1. The standard InChI is InChI=1S/C23H19NO6/c25-22(24-17-8-11-20-21(14-17)28-13-12-27-20)15-29-23(26)16-6-9-19(10-7-16)30-18-4-2-1-3-5-18/h1-11,14H,12-13,15H2,(H,24,25). The highest BCUT2D eigenvalue weighted by Gasteiger charge is 2.14. The Hall–Kier alpha value is -4.00. The zero-order chi connectivity index (χ0) is 20.8. The summed E-state index contributed by atoms with van der Waals surface area (Å²) in [6.07, 6.45) is 0. The Labute approximate surface area is 173 Å². The maximum atomic E-state index is 12.2. The first-order valence-corrected chi connectivity index (χ1v) is 9.37. The monoisotopic (exact) mass is 405 g/mol. The van der Waals surface area contributed by atoms with Gasteiger partial charge in [-0.3, -0.25) is 4.79 Å². The number of rotatable bonds is 6. The number of nitrogens with one attached hydrogen (secondary N) is 1. The van der Waals surface area contributed by atoms with Gasteiger partial charge in [-0.25, -0.2) is 4.79 Å². The molecule has 0 aromatic heterocycles. The van der Waals surface area contributed by atoms with Crippen LogP contribution in [0.25, 0.3) is 0 Å². The van der Waals surface area contributed by atoms with E-state index in [9.17, 15) is 9.59 Å². The van der Waals surface area contributed by atoms with Crippen LogP contribution in [0.15, 0.2) is 72.8 Å². The van der Waals surface area contributed by atoms with Gasteiger partial charge in [-0.2, -0.15) is 0 Å². The van der Waals surface area contributed by atoms with Crippen molar-refractivity contribution >= 4 is 17.6 Å². The molecule has 0 saturated heterocycles. The van der Waals surface area contributed by atoms with Crippen LogP contribution in [-0.4, -0.2) is 31.7 Å². The third-order valence-corrected chi connectivity index (χ3v) is 4.23. The number of fused-ring (bicyclic) bond motifs is 1. The number of hydrogen-bond donors (Lipinski definition) is 1. The molecule has 3 aromatic rings. The van der Waals surface area contributed by atoms with E-state index in [2.05, 4.69) is 5.32 Å². The number of amides is 1. The second kappa shape index (κ2) is 9.00. The van der Waals surface area contributed by atoms with E-state index in [1.807, 2.05) is 30.3 Å². The van der Waals surface area contributed by atoms with E-state index in [1.165, 1.54) is 0 Å².